The fraction of sp³-hybridized carbons (Fsp3) is 0.269. The molecule has 39 heavy (non-hydrogen) atoms. The van der Waals surface area contributed by atoms with E-state index < -0.39 is 37.7 Å². The lowest BCUT2D eigenvalue weighted by atomic mass is 10.1. The van der Waals surface area contributed by atoms with Gasteiger partial charge in [0, 0.05) is 43.3 Å². The molecule has 3 aromatic carbocycles. The van der Waals surface area contributed by atoms with E-state index in [-0.39, 0.29) is 19.5 Å². The van der Waals surface area contributed by atoms with E-state index in [0.29, 0.717) is 53.3 Å². The summed E-state index contributed by atoms with van der Waals surface area (Å²) < 4.78 is 73.1. The number of piperazine rings is 1. The van der Waals surface area contributed by atoms with E-state index in [4.69, 9.17) is 27.9 Å². The average molecular weight is 603 g/mol. The molecule has 1 fully saturated rings. The van der Waals surface area contributed by atoms with Crippen LogP contribution in [0.15, 0.2) is 65.6 Å². The van der Waals surface area contributed by atoms with Gasteiger partial charge in [0.05, 0.1) is 21.9 Å². The summed E-state index contributed by atoms with van der Waals surface area (Å²) in [5.41, 5.74) is 0.0660. The Kier molecular flexibility index (Phi) is 8.77. The number of hydrogen-bond acceptors (Lipinski definition) is 5. The van der Waals surface area contributed by atoms with Gasteiger partial charge in [-0.05, 0) is 54.1 Å². The second-order valence-electron chi connectivity index (χ2n) is 8.89. The van der Waals surface area contributed by atoms with E-state index in [1.807, 2.05) is 4.90 Å². The smallest absolute Gasteiger partial charge is 0.417 e. The molecule has 0 radical (unpaired) electrons. The number of carboxylic acids is 1. The third-order valence-electron chi connectivity index (χ3n) is 6.13. The number of alkyl halides is 3. The first-order valence-electron chi connectivity index (χ1n) is 11.7. The van der Waals surface area contributed by atoms with Crippen LogP contribution < -0.4 is 4.74 Å². The van der Waals surface area contributed by atoms with Crippen molar-refractivity contribution in [3.63, 3.8) is 0 Å². The topological polar surface area (TPSA) is 87.2 Å². The first-order valence-corrected chi connectivity index (χ1v) is 13.9. The maximum atomic E-state index is 13.3. The molecule has 0 bridgehead atoms. The highest BCUT2D eigenvalue weighted by Crippen LogP contribution is 2.36. The maximum Gasteiger partial charge on any atom is 0.417 e. The van der Waals surface area contributed by atoms with Gasteiger partial charge in [-0.1, -0.05) is 35.3 Å². The number of halogens is 5. The van der Waals surface area contributed by atoms with Crippen LogP contribution in [0.1, 0.15) is 16.7 Å². The van der Waals surface area contributed by atoms with E-state index in [2.05, 4.69) is 0 Å². The van der Waals surface area contributed by atoms with Crippen molar-refractivity contribution < 1.29 is 36.2 Å². The zero-order valence-corrected chi connectivity index (χ0v) is 22.6. The third kappa shape index (κ3) is 7.23. The number of nitrogens with zero attached hydrogens (tertiary/aromatic N) is 2. The van der Waals surface area contributed by atoms with Crippen molar-refractivity contribution in [2.75, 3.05) is 26.2 Å². The fourth-order valence-electron chi connectivity index (χ4n) is 4.17. The predicted octanol–water partition coefficient (Wildman–Crippen LogP) is 5.94. The van der Waals surface area contributed by atoms with Crippen LogP contribution in [0.25, 0.3) is 0 Å². The molecule has 1 saturated heterocycles. The van der Waals surface area contributed by atoms with Gasteiger partial charge in [0.1, 0.15) is 11.5 Å². The van der Waals surface area contributed by atoms with Gasteiger partial charge < -0.3 is 9.84 Å². The molecule has 0 aromatic heterocycles. The molecule has 1 aliphatic rings. The van der Waals surface area contributed by atoms with Crippen LogP contribution in [0.3, 0.4) is 0 Å². The number of rotatable bonds is 8. The molecule has 1 N–H and O–H groups in total. The molecule has 0 unspecified atom stereocenters. The Morgan fingerprint density at radius 2 is 1.62 bits per heavy atom. The number of carbonyl (C=O) groups is 1. The number of ether oxygens (including phenoxy) is 1. The molecule has 0 spiro atoms. The minimum absolute atomic E-state index is 0.0501. The molecule has 0 aliphatic carbocycles. The van der Waals surface area contributed by atoms with Crippen LogP contribution in [0, 0.1) is 0 Å². The van der Waals surface area contributed by atoms with E-state index in [1.54, 1.807) is 42.5 Å². The minimum atomic E-state index is -4.79. The van der Waals surface area contributed by atoms with Gasteiger partial charge >= 0.3 is 12.1 Å². The van der Waals surface area contributed by atoms with Crippen LogP contribution >= 0.6 is 23.2 Å². The highest BCUT2D eigenvalue weighted by molar-refractivity contribution is 7.89. The van der Waals surface area contributed by atoms with Crippen LogP contribution in [-0.2, 0) is 34.0 Å². The zero-order chi connectivity index (χ0) is 28.4. The monoisotopic (exact) mass is 602 g/mol. The molecule has 7 nitrogen and oxygen atoms in total. The molecule has 1 aliphatic heterocycles. The molecule has 13 heteroatoms. The quantitative estimate of drug-likeness (QED) is 0.343. The van der Waals surface area contributed by atoms with E-state index in [0.717, 1.165) is 16.4 Å². The first kappa shape index (κ1) is 29.2. The van der Waals surface area contributed by atoms with Gasteiger partial charge in [0.25, 0.3) is 0 Å². The average Bonchev–Trinajstić information content (AvgIpc) is 2.86. The first-order chi connectivity index (χ1) is 18.3. The maximum absolute atomic E-state index is 13.3. The van der Waals surface area contributed by atoms with Gasteiger partial charge in [-0.25, -0.2) is 8.42 Å². The number of benzene rings is 3. The summed E-state index contributed by atoms with van der Waals surface area (Å²) in [6.45, 7) is 1.03. The summed E-state index contributed by atoms with van der Waals surface area (Å²) in [6.07, 6.45) is -4.97. The second kappa shape index (κ2) is 11.7. The normalized spacial score (nSPS) is 15.3. The van der Waals surface area contributed by atoms with Crippen molar-refractivity contribution in [1.82, 2.24) is 9.21 Å². The van der Waals surface area contributed by atoms with Crippen molar-refractivity contribution in [2.45, 2.75) is 24.0 Å². The Morgan fingerprint density at radius 1 is 0.949 bits per heavy atom. The summed E-state index contributed by atoms with van der Waals surface area (Å²) in [6, 6.07) is 14.4. The minimum Gasteiger partial charge on any atom is -0.481 e. The molecular weight excluding hydrogens is 580 g/mol. The number of carboxylic acid groups (broad SMARTS) is 1. The van der Waals surface area contributed by atoms with Gasteiger partial charge in [-0.15, -0.1) is 0 Å². The van der Waals surface area contributed by atoms with Gasteiger partial charge in [-0.2, -0.15) is 17.5 Å². The third-order valence-corrected chi connectivity index (χ3v) is 8.60. The van der Waals surface area contributed by atoms with Gasteiger partial charge in [0.2, 0.25) is 10.0 Å². The Bertz CT molecular complexity index is 1460. The highest BCUT2D eigenvalue weighted by atomic mass is 35.5. The van der Waals surface area contributed by atoms with Crippen LogP contribution in [0.4, 0.5) is 13.2 Å². The molecule has 0 atom stereocenters. The molecule has 0 saturated carbocycles. The lowest BCUT2D eigenvalue weighted by molar-refractivity contribution is -0.138. The fourth-order valence-corrected chi connectivity index (χ4v) is 5.97. The summed E-state index contributed by atoms with van der Waals surface area (Å²) in [4.78, 5) is 12.7. The lowest BCUT2D eigenvalue weighted by Crippen LogP contribution is -2.48. The summed E-state index contributed by atoms with van der Waals surface area (Å²) >= 11 is 11.6. The van der Waals surface area contributed by atoms with Crippen molar-refractivity contribution >= 4 is 39.2 Å². The zero-order valence-electron chi connectivity index (χ0n) is 20.3. The number of hydrogen-bond donors (Lipinski definition) is 1. The molecule has 3 aromatic rings. The Labute approximate surface area is 233 Å². The summed E-state index contributed by atoms with van der Waals surface area (Å²) in [7, 11) is -4.18. The van der Waals surface area contributed by atoms with Gasteiger partial charge in [-0.3, -0.25) is 9.69 Å². The Hall–Kier alpha value is -2.83. The van der Waals surface area contributed by atoms with E-state index >= 15 is 0 Å². The largest absolute Gasteiger partial charge is 0.481 e. The van der Waals surface area contributed by atoms with Crippen LogP contribution in [0.2, 0.25) is 10.0 Å². The predicted molar refractivity (Wildman–Crippen MR) is 140 cm³/mol. The van der Waals surface area contributed by atoms with Crippen molar-refractivity contribution in [1.29, 1.82) is 0 Å². The molecular formula is C26H23Cl2F3N2O5S. The summed E-state index contributed by atoms with van der Waals surface area (Å²) in [5, 5.41) is 9.17. The lowest BCUT2D eigenvalue weighted by Gasteiger charge is -2.34. The van der Waals surface area contributed by atoms with E-state index in [9.17, 15) is 31.5 Å². The van der Waals surface area contributed by atoms with E-state index in [1.165, 1.54) is 0 Å². The Balaban J connectivity index is 1.50. The van der Waals surface area contributed by atoms with Crippen molar-refractivity contribution in [3.8, 4) is 11.5 Å². The SMILES string of the molecule is O=C(O)Cc1ccc(Oc2ccc(Cl)cc2)c(CN2CCN(S(=O)(=O)c3ccc(Cl)c(C(F)(F)F)c3)CC2)c1. The molecule has 1 heterocycles. The second-order valence-corrected chi connectivity index (χ2v) is 11.7. The van der Waals surface area contributed by atoms with Crippen molar-refractivity contribution in [2.24, 2.45) is 0 Å². The molecule has 208 valence electrons. The van der Waals surface area contributed by atoms with Crippen LogP contribution in [0.5, 0.6) is 11.5 Å². The Morgan fingerprint density at radius 3 is 2.23 bits per heavy atom. The molecule has 0 amide bonds. The number of sulfonamides is 1. The highest BCUT2D eigenvalue weighted by Gasteiger charge is 2.36. The standard InChI is InChI=1S/C26H23Cl2F3N2O5S/c27-19-2-4-20(5-3-19)38-24-8-1-17(14-25(34)35)13-18(24)16-32-9-11-33(12-10-32)39(36,37)21-6-7-23(28)22(15-21)26(29,30)31/h1-8,13,15H,9-12,14,16H2,(H,34,35). The van der Waals surface area contributed by atoms with Gasteiger partial charge in [0.15, 0.2) is 0 Å². The van der Waals surface area contributed by atoms with Crippen molar-refractivity contribution in [3.05, 3.63) is 87.4 Å². The van der Waals surface area contributed by atoms with Crippen LogP contribution in [-0.4, -0.2) is 54.9 Å². The molecule has 4 rings (SSSR count). The number of aliphatic carboxylic acids is 1. The summed E-state index contributed by atoms with van der Waals surface area (Å²) in [5.74, 6) is 0.0492.